The van der Waals surface area contributed by atoms with Gasteiger partial charge in [0.1, 0.15) is 0 Å². The van der Waals surface area contributed by atoms with Gasteiger partial charge in [0.15, 0.2) is 0 Å². The van der Waals surface area contributed by atoms with Gasteiger partial charge in [-0.15, -0.1) is 0 Å². The molecule has 0 rings (SSSR count). The van der Waals surface area contributed by atoms with Crippen molar-refractivity contribution in [2.45, 2.75) is 0 Å². The van der Waals surface area contributed by atoms with Crippen LogP contribution in [0.15, 0.2) is 0 Å². The van der Waals surface area contributed by atoms with Crippen LogP contribution in [0, 0.1) is 0 Å². The average molecular weight is 144 g/mol. The Morgan fingerprint density at radius 1 is 1.33 bits per heavy atom. The fourth-order valence-corrected chi connectivity index (χ4v) is 0. The van der Waals surface area contributed by atoms with Crippen molar-refractivity contribution in [2.24, 2.45) is 0 Å². The van der Waals surface area contributed by atoms with Crippen LogP contribution in [0.3, 0.4) is 0 Å². The fraction of sp³-hybridized carbons (Fsp3) is 0. The Balaban J connectivity index is -0.0000000450. The fourth-order valence-electron chi connectivity index (χ4n) is 0. The van der Waals surface area contributed by atoms with Crippen LogP contribution in [0.5, 0.6) is 0 Å². The van der Waals surface area contributed by atoms with Crippen LogP contribution in [0.25, 0.3) is 0 Å². The Kier molecular flexibility index (Phi) is 25.0. The molecule has 0 aromatic rings. The summed E-state index contributed by atoms with van der Waals surface area (Å²) in [6.07, 6.45) is -1.83. The first kappa shape index (κ1) is 16.9. The van der Waals surface area contributed by atoms with Crippen LogP contribution in [0.2, 0.25) is 0 Å². The zero-order chi connectivity index (χ0) is 3.58. The van der Waals surface area contributed by atoms with Crippen molar-refractivity contribution < 1.29 is 34.5 Å². The summed E-state index contributed by atoms with van der Waals surface area (Å²) in [5, 5.41) is 13.9. The van der Waals surface area contributed by atoms with Crippen molar-refractivity contribution in [3.05, 3.63) is 0 Å². The van der Waals surface area contributed by atoms with Crippen molar-refractivity contribution in [3.8, 4) is 0 Å². The average Bonchev–Trinajstić information content (AvgIpc) is 0.811. The summed E-state index contributed by atoms with van der Waals surface area (Å²) in [4.78, 5) is 8.56. The molecule has 0 unspecified atom stereocenters. The Hall–Kier alpha value is -0.147. The third kappa shape index (κ3) is 1460. The summed E-state index contributed by atoms with van der Waals surface area (Å²) in [6, 6.07) is 0. The van der Waals surface area contributed by atoms with E-state index in [0.29, 0.717) is 0 Å². The quantitative estimate of drug-likeness (QED) is 0.429. The van der Waals surface area contributed by atoms with E-state index in [1.165, 1.54) is 0 Å². The van der Waals surface area contributed by atoms with E-state index in [9.17, 15) is 0 Å². The molecule has 0 fully saturated rings. The minimum absolute atomic E-state index is 0. The second kappa shape index (κ2) is 8.85. The molecule has 0 spiro atoms. The smallest absolute Gasteiger partial charge is 0.450 e. The van der Waals surface area contributed by atoms with Gasteiger partial charge in [0, 0.05) is 19.5 Å². The van der Waals surface area contributed by atoms with E-state index in [2.05, 4.69) is 0 Å². The molecule has 0 aromatic heterocycles. The van der Waals surface area contributed by atoms with E-state index in [4.69, 9.17) is 15.0 Å². The van der Waals surface area contributed by atoms with Gasteiger partial charge in [0.25, 0.3) is 0 Å². The maximum Gasteiger partial charge on any atom is 0.503 e. The second-order valence-electron chi connectivity index (χ2n) is 0.283. The molecular weight excluding hydrogens is 139 g/mol. The van der Waals surface area contributed by atoms with Crippen molar-refractivity contribution in [1.29, 1.82) is 0 Å². The monoisotopic (exact) mass is 143 g/mol. The number of hydrogen-bond donors (Lipinski definition) is 3. The van der Waals surface area contributed by atoms with Gasteiger partial charge in [-0.25, -0.2) is 4.79 Å². The molecule has 34 valence electrons. The van der Waals surface area contributed by atoms with Crippen LogP contribution >= 0.6 is 0 Å². The zero-order valence-corrected chi connectivity index (χ0v) is 6.18. The molecule has 5 heteroatoms. The third-order valence-electron chi connectivity index (χ3n) is 0. The van der Waals surface area contributed by atoms with Gasteiger partial charge in [0.2, 0.25) is 0 Å². The molecule has 0 aromatic carbocycles. The topological polar surface area (TPSA) is 92.5 Å². The summed E-state index contributed by atoms with van der Waals surface area (Å²) in [7, 11) is 0. The van der Waals surface area contributed by atoms with E-state index in [1.54, 1.807) is 0 Å². The molecule has 0 aliphatic rings. The van der Waals surface area contributed by atoms with Crippen LogP contribution in [0.4, 0.5) is 4.79 Å². The largest absolute Gasteiger partial charge is 0.503 e. The summed E-state index contributed by atoms with van der Waals surface area (Å²) in [5.41, 5.74) is 0. The number of carboxylic acid groups (broad SMARTS) is 2. The van der Waals surface area contributed by atoms with Crippen molar-refractivity contribution >= 4 is 6.16 Å². The molecule has 0 radical (unpaired) electrons. The van der Waals surface area contributed by atoms with Gasteiger partial charge >= 0.3 is 6.16 Å². The standard InChI is InChI=1S/CH2O3.H3N.Zn/c2-1(3)4;;/h(H2,2,3,4);1H3;. The zero-order valence-electron chi connectivity index (χ0n) is 3.22. The minimum Gasteiger partial charge on any atom is -0.450 e. The Morgan fingerprint density at radius 2 is 1.33 bits per heavy atom. The van der Waals surface area contributed by atoms with E-state index in [1.807, 2.05) is 0 Å². The van der Waals surface area contributed by atoms with Crippen LogP contribution in [0.1, 0.15) is 0 Å². The van der Waals surface area contributed by atoms with Crippen LogP contribution in [-0.2, 0) is 19.5 Å². The van der Waals surface area contributed by atoms with Gasteiger partial charge in [-0.2, -0.15) is 0 Å². The maximum absolute atomic E-state index is 8.56. The SMILES string of the molecule is N.O=C(O)O.[Zn]. The molecule has 4 nitrogen and oxygen atoms in total. The molecule has 0 bridgehead atoms. The first-order chi connectivity index (χ1) is 1.73. The van der Waals surface area contributed by atoms with Crippen LogP contribution < -0.4 is 6.15 Å². The Morgan fingerprint density at radius 3 is 1.33 bits per heavy atom. The van der Waals surface area contributed by atoms with Crippen molar-refractivity contribution in [3.63, 3.8) is 0 Å². The van der Waals surface area contributed by atoms with Crippen molar-refractivity contribution in [1.82, 2.24) is 6.15 Å². The maximum atomic E-state index is 8.56. The first-order valence-electron chi connectivity index (χ1n) is 0.651. The van der Waals surface area contributed by atoms with Gasteiger partial charge in [-0.3, -0.25) is 0 Å². The minimum atomic E-state index is -1.83. The molecule has 0 aliphatic carbocycles. The number of carbonyl (C=O) groups is 1. The molecule has 0 saturated heterocycles. The molecule has 5 N–H and O–H groups in total. The molecule has 0 aliphatic heterocycles. The Labute approximate surface area is 47.5 Å². The summed E-state index contributed by atoms with van der Waals surface area (Å²) >= 11 is 0. The number of rotatable bonds is 0. The normalized spacial score (nSPS) is 4.00. The molecular formula is CH5NO3Zn. The molecule has 0 heterocycles. The van der Waals surface area contributed by atoms with E-state index >= 15 is 0 Å². The van der Waals surface area contributed by atoms with E-state index in [-0.39, 0.29) is 25.6 Å². The number of hydrogen-bond acceptors (Lipinski definition) is 2. The van der Waals surface area contributed by atoms with E-state index < -0.39 is 6.16 Å². The molecule has 6 heavy (non-hydrogen) atoms. The molecule has 0 saturated carbocycles. The summed E-state index contributed by atoms with van der Waals surface area (Å²) in [6.45, 7) is 0. The summed E-state index contributed by atoms with van der Waals surface area (Å²) < 4.78 is 0. The van der Waals surface area contributed by atoms with Crippen molar-refractivity contribution in [2.75, 3.05) is 0 Å². The van der Waals surface area contributed by atoms with Gasteiger partial charge in [-0.05, 0) is 0 Å². The van der Waals surface area contributed by atoms with Crippen LogP contribution in [-0.4, -0.2) is 16.4 Å². The predicted molar refractivity (Wildman–Crippen MR) is 15.7 cm³/mol. The van der Waals surface area contributed by atoms with Gasteiger partial charge < -0.3 is 16.4 Å². The van der Waals surface area contributed by atoms with E-state index in [0.717, 1.165) is 0 Å². The predicted octanol–water partition coefficient (Wildman–Crippen LogP) is 0.382. The first-order valence-corrected chi connectivity index (χ1v) is 0.651. The Bertz CT molecular complexity index is 33.8. The molecule has 0 amide bonds. The second-order valence-corrected chi connectivity index (χ2v) is 0.283. The molecule has 0 atom stereocenters. The summed E-state index contributed by atoms with van der Waals surface area (Å²) in [5.74, 6) is 0. The van der Waals surface area contributed by atoms with Gasteiger partial charge in [0.05, 0.1) is 0 Å². The third-order valence-corrected chi connectivity index (χ3v) is 0. The van der Waals surface area contributed by atoms with Gasteiger partial charge in [-0.1, -0.05) is 0 Å².